The van der Waals surface area contributed by atoms with E-state index in [1.165, 1.54) is 5.56 Å². The fourth-order valence-electron chi connectivity index (χ4n) is 2.59. The summed E-state index contributed by atoms with van der Waals surface area (Å²) in [5.41, 5.74) is 1.26. The van der Waals surface area contributed by atoms with Crippen LogP contribution in [0.25, 0.3) is 0 Å². The van der Waals surface area contributed by atoms with Gasteiger partial charge in [-0.15, -0.1) is 0 Å². The fourth-order valence-corrected chi connectivity index (χ4v) is 2.59. The Kier molecular flexibility index (Phi) is 5.04. The third-order valence-corrected chi connectivity index (χ3v) is 3.33. The topological polar surface area (TPSA) is 12.5 Å². The molecule has 0 amide bonds. The van der Waals surface area contributed by atoms with E-state index in [9.17, 15) is 0 Å². The first-order valence-corrected chi connectivity index (χ1v) is 7.43. The lowest BCUT2D eigenvalue weighted by molar-refractivity contribution is -0.264. The van der Waals surface area contributed by atoms with Gasteiger partial charge in [0.1, 0.15) is 0 Å². The van der Waals surface area contributed by atoms with Gasteiger partial charge < -0.3 is 0 Å². The van der Waals surface area contributed by atoms with Gasteiger partial charge in [0.2, 0.25) is 0 Å². The molecule has 1 aromatic rings. The highest BCUT2D eigenvalue weighted by Crippen LogP contribution is 2.29. The van der Waals surface area contributed by atoms with E-state index < -0.39 is 0 Å². The quantitative estimate of drug-likeness (QED) is 0.733. The summed E-state index contributed by atoms with van der Waals surface area (Å²) in [4.78, 5) is 6.22. The standard InChI is InChI=1S/C18H31NO/c1-16(2,3)19(17(4,5)6)20-14-18(7,8)15-12-10-9-11-13-15/h9-13H,14H2,1-8H3. The highest BCUT2D eigenvalue weighted by Gasteiger charge is 2.34. The molecule has 0 aliphatic carbocycles. The van der Waals surface area contributed by atoms with Crippen LogP contribution < -0.4 is 0 Å². The fraction of sp³-hybridized carbons (Fsp3) is 0.667. The lowest BCUT2D eigenvalue weighted by Crippen LogP contribution is -2.53. The van der Waals surface area contributed by atoms with E-state index in [4.69, 9.17) is 4.84 Å². The van der Waals surface area contributed by atoms with Crippen LogP contribution in [0.3, 0.4) is 0 Å². The molecule has 20 heavy (non-hydrogen) atoms. The smallest absolute Gasteiger partial charge is 0.0776 e. The van der Waals surface area contributed by atoms with E-state index in [1.54, 1.807) is 0 Å². The molecule has 0 heterocycles. The average molecular weight is 277 g/mol. The van der Waals surface area contributed by atoms with Gasteiger partial charge in [-0.25, -0.2) is 0 Å². The summed E-state index contributed by atoms with van der Waals surface area (Å²) in [6.07, 6.45) is 0. The van der Waals surface area contributed by atoms with Crippen LogP contribution >= 0.6 is 0 Å². The van der Waals surface area contributed by atoms with Crippen LogP contribution in [0.5, 0.6) is 0 Å². The Morgan fingerprint density at radius 2 is 1.25 bits per heavy atom. The van der Waals surface area contributed by atoms with Crippen molar-refractivity contribution >= 4 is 0 Å². The van der Waals surface area contributed by atoms with Crippen molar-refractivity contribution in [1.82, 2.24) is 5.06 Å². The number of nitrogens with zero attached hydrogens (tertiary/aromatic N) is 1. The maximum Gasteiger partial charge on any atom is 0.0776 e. The van der Waals surface area contributed by atoms with Crippen LogP contribution in [0.1, 0.15) is 61.0 Å². The molecule has 0 N–H and O–H groups in total. The third kappa shape index (κ3) is 4.60. The molecule has 0 fully saturated rings. The summed E-state index contributed by atoms with van der Waals surface area (Å²) in [6.45, 7) is 18.3. The van der Waals surface area contributed by atoms with Gasteiger partial charge in [-0.05, 0) is 47.1 Å². The van der Waals surface area contributed by atoms with Gasteiger partial charge in [0.15, 0.2) is 0 Å². The lowest BCUT2D eigenvalue weighted by atomic mass is 9.86. The van der Waals surface area contributed by atoms with Crippen molar-refractivity contribution in [2.75, 3.05) is 6.61 Å². The number of rotatable bonds is 4. The molecule has 114 valence electrons. The summed E-state index contributed by atoms with van der Waals surface area (Å²) in [6, 6.07) is 10.6. The van der Waals surface area contributed by atoms with E-state index in [1.807, 2.05) is 0 Å². The second-order valence-electron chi connectivity index (χ2n) is 8.16. The summed E-state index contributed by atoms with van der Waals surface area (Å²) in [7, 11) is 0. The van der Waals surface area contributed by atoms with E-state index in [2.05, 4.69) is 90.8 Å². The van der Waals surface area contributed by atoms with E-state index in [0.717, 1.165) is 0 Å². The molecule has 0 aliphatic heterocycles. The van der Waals surface area contributed by atoms with Crippen molar-refractivity contribution in [3.05, 3.63) is 35.9 Å². The maximum atomic E-state index is 6.22. The molecule has 2 nitrogen and oxygen atoms in total. The molecular weight excluding hydrogens is 246 g/mol. The first-order chi connectivity index (χ1) is 8.94. The largest absolute Gasteiger partial charge is 0.297 e. The van der Waals surface area contributed by atoms with Crippen molar-refractivity contribution in [2.45, 2.75) is 71.9 Å². The number of hydrogen-bond donors (Lipinski definition) is 0. The Morgan fingerprint density at radius 3 is 1.65 bits per heavy atom. The van der Waals surface area contributed by atoms with Crippen LogP contribution in [0.2, 0.25) is 0 Å². The zero-order valence-corrected chi connectivity index (χ0v) is 14.4. The van der Waals surface area contributed by atoms with Gasteiger partial charge in [0.05, 0.1) is 6.61 Å². The van der Waals surface area contributed by atoms with Gasteiger partial charge in [-0.2, -0.15) is 5.06 Å². The number of hydroxylamine groups is 2. The normalized spacial score (nSPS) is 13.8. The predicted molar refractivity (Wildman–Crippen MR) is 86.8 cm³/mol. The molecule has 0 aliphatic rings. The lowest BCUT2D eigenvalue weighted by Gasteiger charge is -2.45. The second kappa shape index (κ2) is 5.87. The first kappa shape index (κ1) is 17.2. The Bertz CT molecular complexity index is 395. The predicted octanol–water partition coefficient (Wildman–Crippen LogP) is 4.79. The first-order valence-electron chi connectivity index (χ1n) is 7.43. The molecule has 0 saturated heterocycles. The molecule has 0 atom stereocenters. The Morgan fingerprint density at radius 1 is 0.800 bits per heavy atom. The van der Waals surface area contributed by atoms with Crippen molar-refractivity contribution in [2.24, 2.45) is 0 Å². The van der Waals surface area contributed by atoms with Gasteiger partial charge >= 0.3 is 0 Å². The highest BCUT2D eigenvalue weighted by atomic mass is 16.7. The molecule has 1 aromatic carbocycles. The van der Waals surface area contributed by atoms with Crippen LogP contribution in [-0.2, 0) is 10.3 Å². The zero-order chi connectivity index (χ0) is 15.6. The Labute approximate surface area is 125 Å². The molecule has 0 saturated carbocycles. The number of hydrogen-bond acceptors (Lipinski definition) is 2. The monoisotopic (exact) mass is 277 g/mol. The second-order valence-corrected chi connectivity index (χ2v) is 8.16. The maximum absolute atomic E-state index is 6.22. The minimum Gasteiger partial charge on any atom is -0.297 e. The van der Waals surface area contributed by atoms with Crippen molar-refractivity contribution in [3.8, 4) is 0 Å². The van der Waals surface area contributed by atoms with Crippen molar-refractivity contribution in [1.29, 1.82) is 0 Å². The molecule has 0 spiro atoms. The molecule has 0 radical (unpaired) electrons. The third-order valence-electron chi connectivity index (χ3n) is 3.33. The van der Waals surface area contributed by atoms with Crippen LogP contribution in [0.4, 0.5) is 0 Å². The van der Waals surface area contributed by atoms with Gasteiger partial charge in [0, 0.05) is 16.5 Å². The Balaban J connectivity index is 2.83. The zero-order valence-electron chi connectivity index (χ0n) is 14.4. The molecule has 0 unspecified atom stereocenters. The minimum absolute atomic E-state index is 0.00396. The molecule has 2 heteroatoms. The van der Waals surface area contributed by atoms with E-state index >= 15 is 0 Å². The summed E-state index contributed by atoms with van der Waals surface area (Å²) in [5, 5.41) is 2.12. The van der Waals surface area contributed by atoms with Crippen molar-refractivity contribution < 1.29 is 4.84 Å². The Hall–Kier alpha value is -0.860. The molecule has 0 bridgehead atoms. The van der Waals surface area contributed by atoms with Gasteiger partial charge in [-0.1, -0.05) is 44.2 Å². The molecule has 0 aromatic heterocycles. The van der Waals surface area contributed by atoms with Gasteiger partial charge in [-0.3, -0.25) is 4.84 Å². The average Bonchev–Trinajstić information content (AvgIpc) is 2.26. The summed E-state index contributed by atoms with van der Waals surface area (Å²) < 4.78 is 0. The van der Waals surface area contributed by atoms with Crippen LogP contribution in [0, 0.1) is 0 Å². The SMILES string of the molecule is CC(C)(CON(C(C)(C)C)C(C)(C)C)c1ccccc1. The van der Waals surface area contributed by atoms with E-state index in [-0.39, 0.29) is 16.5 Å². The highest BCUT2D eigenvalue weighted by molar-refractivity contribution is 5.23. The summed E-state index contributed by atoms with van der Waals surface area (Å²) >= 11 is 0. The molecule has 1 rings (SSSR count). The molecular formula is C18H31NO. The van der Waals surface area contributed by atoms with Crippen LogP contribution in [0.15, 0.2) is 30.3 Å². The van der Waals surface area contributed by atoms with E-state index in [0.29, 0.717) is 6.61 Å². The van der Waals surface area contributed by atoms with Gasteiger partial charge in [0.25, 0.3) is 0 Å². The van der Waals surface area contributed by atoms with Crippen molar-refractivity contribution in [3.63, 3.8) is 0 Å². The van der Waals surface area contributed by atoms with Crippen LogP contribution in [-0.4, -0.2) is 22.7 Å². The summed E-state index contributed by atoms with van der Waals surface area (Å²) in [5.74, 6) is 0. The minimum atomic E-state index is -0.0228. The number of benzene rings is 1.